The zero-order valence-corrected chi connectivity index (χ0v) is 10.9. The van der Waals surface area contributed by atoms with Crippen molar-refractivity contribution in [3.8, 4) is 0 Å². The van der Waals surface area contributed by atoms with Gasteiger partial charge in [-0.05, 0) is 38.3 Å². The van der Waals surface area contributed by atoms with Crippen LogP contribution in [0.5, 0.6) is 0 Å². The number of allylic oxidation sites excluding steroid dienone is 1. The molecule has 1 rings (SSSR count). The maximum Gasteiger partial charge on any atom is 0.178 e. The zero-order valence-electron chi connectivity index (χ0n) is 10.1. The van der Waals surface area contributed by atoms with E-state index >= 15 is 0 Å². The molecule has 2 nitrogen and oxygen atoms in total. The molecule has 0 unspecified atom stereocenters. The molecule has 1 aromatic rings. The van der Waals surface area contributed by atoms with Gasteiger partial charge in [0.25, 0.3) is 0 Å². The first-order chi connectivity index (χ1) is 8.06. The number of rotatable bonds is 6. The molecule has 0 fully saturated rings. The van der Waals surface area contributed by atoms with Crippen molar-refractivity contribution in [3.05, 3.63) is 41.9 Å². The molecule has 0 saturated heterocycles. The Kier molecular flexibility index (Phi) is 5.49. The Hall–Kier alpha value is -1.03. The molecule has 1 aromatic carbocycles. The average molecular weight is 248 g/mol. The van der Waals surface area contributed by atoms with Gasteiger partial charge >= 0.3 is 0 Å². The van der Waals surface area contributed by atoms with Crippen LogP contribution in [0.15, 0.2) is 41.2 Å². The highest BCUT2D eigenvalue weighted by atomic mass is 32.2. The highest BCUT2D eigenvalue weighted by molar-refractivity contribution is 7.91. The molecular weight excluding hydrogens is 231 g/mol. The molecule has 0 atom stereocenters. The highest BCUT2D eigenvalue weighted by Crippen LogP contribution is 2.14. The normalized spacial score (nSPS) is 12.1. The number of aryl methyl sites for hydroxylation is 1. The van der Waals surface area contributed by atoms with Crippen LogP contribution in [-0.4, -0.2) is 22.0 Å². The van der Waals surface area contributed by atoms with Crippen molar-refractivity contribution in [2.75, 3.05) is 5.75 Å². The SMILES string of the molecule is [B]C=CCCCCS(=O)(=O)c1ccc(C)cc1. The third-order valence-electron chi connectivity index (χ3n) is 2.55. The lowest BCUT2D eigenvalue weighted by Crippen LogP contribution is -2.06. The summed E-state index contributed by atoms with van der Waals surface area (Å²) in [6.45, 7) is 1.94. The highest BCUT2D eigenvalue weighted by Gasteiger charge is 2.12. The Morgan fingerprint density at radius 3 is 2.41 bits per heavy atom. The minimum Gasteiger partial charge on any atom is -0.224 e. The molecule has 90 valence electrons. The van der Waals surface area contributed by atoms with Gasteiger partial charge in [0.15, 0.2) is 9.84 Å². The van der Waals surface area contributed by atoms with Crippen LogP contribution in [0.25, 0.3) is 0 Å². The summed E-state index contributed by atoms with van der Waals surface area (Å²) in [4.78, 5) is 0.414. The van der Waals surface area contributed by atoms with E-state index in [1.165, 1.54) is 5.98 Å². The predicted octanol–water partition coefficient (Wildman–Crippen LogP) is 2.62. The maximum atomic E-state index is 11.9. The van der Waals surface area contributed by atoms with E-state index in [2.05, 4.69) is 0 Å². The summed E-state index contributed by atoms with van der Waals surface area (Å²) in [5.74, 6) is 1.70. The maximum absolute atomic E-state index is 11.9. The van der Waals surface area contributed by atoms with Crippen molar-refractivity contribution in [1.29, 1.82) is 0 Å². The molecule has 0 aliphatic rings. The lowest BCUT2D eigenvalue weighted by Gasteiger charge is -2.04. The molecule has 0 bridgehead atoms. The molecular formula is C13H17BO2S. The fourth-order valence-corrected chi connectivity index (χ4v) is 2.88. The van der Waals surface area contributed by atoms with Crippen molar-refractivity contribution in [3.63, 3.8) is 0 Å². The molecule has 0 saturated carbocycles. The fourth-order valence-electron chi connectivity index (χ4n) is 1.51. The summed E-state index contributed by atoms with van der Waals surface area (Å²) < 4.78 is 23.9. The molecule has 0 N–H and O–H groups in total. The number of hydrogen-bond acceptors (Lipinski definition) is 2. The Bertz CT molecular complexity index is 461. The van der Waals surface area contributed by atoms with Crippen molar-refractivity contribution < 1.29 is 8.42 Å². The van der Waals surface area contributed by atoms with Crippen LogP contribution in [0, 0.1) is 6.92 Å². The predicted molar refractivity (Wildman–Crippen MR) is 72.0 cm³/mol. The summed E-state index contributed by atoms with van der Waals surface area (Å²) in [6, 6.07) is 6.99. The van der Waals surface area contributed by atoms with Gasteiger partial charge in [0.1, 0.15) is 7.85 Å². The largest absolute Gasteiger partial charge is 0.224 e. The Morgan fingerprint density at radius 2 is 1.82 bits per heavy atom. The Labute approximate surface area is 105 Å². The van der Waals surface area contributed by atoms with E-state index in [4.69, 9.17) is 7.85 Å². The summed E-state index contributed by atoms with van der Waals surface area (Å²) >= 11 is 0. The first kappa shape index (κ1) is 14.0. The van der Waals surface area contributed by atoms with Crippen LogP contribution in [0.1, 0.15) is 24.8 Å². The fraction of sp³-hybridized carbons (Fsp3) is 0.385. The summed E-state index contributed by atoms with van der Waals surface area (Å²) in [5.41, 5.74) is 1.07. The van der Waals surface area contributed by atoms with Gasteiger partial charge in [-0.25, -0.2) is 8.42 Å². The average Bonchev–Trinajstić information content (AvgIpc) is 2.29. The minimum atomic E-state index is -3.12. The molecule has 0 amide bonds. The van der Waals surface area contributed by atoms with Gasteiger partial charge in [-0.3, -0.25) is 0 Å². The lowest BCUT2D eigenvalue weighted by molar-refractivity contribution is 0.591. The van der Waals surface area contributed by atoms with E-state index < -0.39 is 9.84 Å². The Morgan fingerprint density at radius 1 is 1.18 bits per heavy atom. The Balaban J connectivity index is 2.54. The van der Waals surface area contributed by atoms with E-state index in [-0.39, 0.29) is 5.75 Å². The van der Waals surface area contributed by atoms with Crippen molar-refractivity contribution in [2.45, 2.75) is 31.1 Å². The molecule has 0 heterocycles. The summed E-state index contributed by atoms with van der Waals surface area (Å²) in [6.07, 6.45) is 4.19. The van der Waals surface area contributed by atoms with E-state index in [0.717, 1.165) is 18.4 Å². The van der Waals surface area contributed by atoms with E-state index in [1.54, 1.807) is 12.1 Å². The second-order valence-corrected chi connectivity index (χ2v) is 6.17. The molecule has 0 aromatic heterocycles. The van der Waals surface area contributed by atoms with E-state index in [0.29, 0.717) is 11.3 Å². The van der Waals surface area contributed by atoms with Crippen LogP contribution in [0.4, 0.5) is 0 Å². The van der Waals surface area contributed by atoms with Gasteiger partial charge in [0.2, 0.25) is 0 Å². The smallest absolute Gasteiger partial charge is 0.178 e. The zero-order chi connectivity index (χ0) is 12.7. The van der Waals surface area contributed by atoms with Crippen molar-refractivity contribution >= 4 is 17.7 Å². The summed E-state index contributed by atoms with van der Waals surface area (Å²) in [7, 11) is 2.08. The molecule has 0 aliphatic heterocycles. The number of hydrogen-bond donors (Lipinski definition) is 0. The third-order valence-corrected chi connectivity index (χ3v) is 4.37. The topological polar surface area (TPSA) is 34.1 Å². The first-order valence-electron chi connectivity index (χ1n) is 5.72. The lowest BCUT2D eigenvalue weighted by atomic mass is 10.1. The van der Waals surface area contributed by atoms with Gasteiger partial charge in [0, 0.05) is 0 Å². The van der Waals surface area contributed by atoms with Gasteiger partial charge in [0.05, 0.1) is 10.6 Å². The van der Waals surface area contributed by atoms with Crippen LogP contribution in [-0.2, 0) is 9.84 Å². The van der Waals surface area contributed by atoms with E-state index in [1.807, 2.05) is 25.1 Å². The third kappa shape index (κ3) is 4.78. The molecule has 17 heavy (non-hydrogen) atoms. The number of sulfone groups is 1. The standard InChI is InChI=1S/C13H17BO2S/c1-12-6-8-13(9-7-12)17(15,16)11-5-3-2-4-10-14/h4,6-10H,2-3,5,11H2,1H3. The van der Waals surface area contributed by atoms with Gasteiger partial charge < -0.3 is 0 Å². The quantitative estimate of drug-likeness (QED) is 0.572. The van der Waals surface area contributed by atoms with Gasteiger partial charge in [-0.1, -0.05) is 23.8 Å². The molecule has 0 spiro atoms. The van der Waals surface area contributed by atoms with Gasteiger partial charge in [-0.15, -0.1) is 5.98 Å². The summed E-state index contributed by atoms with van der Waals surface area (Å²) in [5, 5.41) is 0. The van der Waals surface area contributed by atoms with Crippen molar-refractivity contribution in [2.24, 2.45) is 0 Å². The molecule has 4 heteroatoms. The van der Waals surface area contributed by atoms with Crippen LogP contribution in [0.3, 0.4) is 0 Å². The molecule has 0 aliphatic carbocycles. The van der Waals surface area contributed by atoms with Crippen LogP contribution in [0.2, 0.25) is 0 Å². The van der Waals surface area contributed by atoms with Crippen LogP contribution < -0.4 is 0 Å². The van der Waals surface area contributed by atoms with E-state index in [9.17, 15) is 8.42 Å². The second kappa shape index (κ2) is 6.65. The number of benzene rings is 1. The van der Waals surface area contributed by atoms with Gasteiger partial charge in [-0.2, -0.15) is 0 Å². The number of unbranched alkanes of at least 4 members (excludes halogenated alkanes) is 2. The monoisotopic (exact) mass is 248 g/mol. The molecule has 2 radical (unpaired) electrons. The van der Waals surface area contributed by atoms with Crippen molar-refractivity contribution in [1.82, 2.24) is 0 Å². The van der Waals surface area contributed by atoms with Crippen LogP contribution >= 0.6 is 0 Å². The first-order valence-corrected chi connectivity index (χ1v) is 7.37. The second-order valence-electron chi connectivity index (χ2n) is 4.06. The minimum absolute atomic E-state index is 0.203.